The number of para-hydroxylation sites is 3. The molecular formula is C30H22N2O4. The lowest BCUT2D eigenvalue weighted by Gasteiger charge is -2.35. The SMILES string of the molecule is OC1=CC=CC2=CC=CN(c3nc4c(O)cccc4c(Oc4ccccc4)c3Oc3ccccc3)C12. The van der Waals surface area contributed by atoms with Crippen LogP contribution in [0.3, 0.4) is 0 Å². The van der Waals surface area contributed by atoms with Gasteiger partial charge >= 0.3 is 0 Å². The minimum atomic E-state index is -0.501. The number of fused-ring (bicyclic) bond motifs is 2. The molecule has 0 bridgehead atoms. The summed E-state index contributed by atoms with van der Waals surface area (Å²) >= 11 is 0. The molecule has 2 N–H and O–H groups in total. The largest absolute Gasteiger partial charge is 0.510 e. The number of pyridine rings is 1. The molecule has 1 aliphatic heterocycles. The summed E-state index contributed by atoms with van der Waals surface area (Å²) in [7, 11) is 0. The zero-order valence-electron chi connectivity index (χ0n) is 19.2. The van der Waals surface area contributed by atoms with E-state index in [1.54, 1.807) is 24.3 Å². The lowest BCUT2D eigenvalue weighted by molar-refractivity contribution is 0.375. The van der Waals surface area contributed by atoms with Gasteiger partial charge in [-0.3, -0.25) is 0 Å². The summed E-state index contributed by atoms with van der Waals surface area (Å²) in [4.78, 5) is 6.68. The highest BCUT2D eigenvalue weighted by molar-refractivity contribution is 5.95. The van der Waals surface area contributed by atoms with Gasteiger partial charge in [0, 0.05) is 6.20 Å². The predicted molar refractivity (Wildman–Crippen MR) is 140 cm³/mol. The van der Waals surface area contributed by atoms with E-state index in [2.05, 4.69) is 0 Å². The number of rotatable bonds is 5. The molecule has 6 rings (SSSR count). The van der Waals surface area contributed by atoms with Crippen molar-refractivity contribution in [3.8, 4) is 28.7 Å². The lowest BCUT2D eigenvalue weighted by Crippen LogP contribution is -2.37. The van der Waals surface area contributed by atoms with Crippen LogP contribution in [0.5, 0.6) is 28.7 Å². The van der Waals surface area contributed by atoms with Crippen molar-refractivity contribution >= 4 is 16.7 Å². The molecule has 1 atom stereocenters. The Balaban J connectivity index is 1.62. The van der Waals surface area contributed by atoms with Crippen molar-refractivity contribution in [2.24, 2.45) is 0 Å². The number of aliphatic hydroxyl groups is 1. The van der Waals surface area contributed by atoms with E-state index in [0.717, 1.165) is 5.57 Å². The Labute approximate surface area is 208 Å². The fourth-order valence-corrected chi connectivity index (χ4v) is 4.38. The first-order chi connectivity index (χ1) is 17.7. The second kappa shape index (κ2) is 9.00. The number of hydrogen-bond acceptors (Lipinski definition) is 6. The molecule has 176 valence electrons. The first kappa shape index (κ1) is 21.6. The standard InChI is InChI=1S/C30H22N2O4/c33-24-17-8-16-23-26(24)31-30(32-19-9-11-20-10-7-18-25(34)27(20)32)29(36-22-14-5-2-6-15-22)28(23)35-21-12-3-1-4-13-21/h1-19,27,33-34H. The van der Waals surface area contributed by atoms with Gasteiger partial charge in [0.15, 0.2) is 11.6 Å². The summed E-state index contributed by atoms with van der Waals surface area (Å²) in [6.07, 6.45) is 11.1. The van der Waals surface area contributed by atoms with E-state index < -0.39 is 6.04 Å². The summed E-state index contributed by atoms with van der Waals surface area (Å²) in [5.74, 6) is 2.53. The summed E-state index contributed by atoms with van der Waals surface area (Å²) in [5.41, 5.74) is 1.26. The number of phenolic OH excluding ortho intramolecular Hbond substituents is 1. The van der Waals surface area contributed by atoms with E-state index in [9.17, 15) is 10.2 Å². The third-order valence-corrected chi connectivity index (χ3v) is 6.02. The van der Waals surface area contributed by atoms with Gasteiger partial charge in [0.05, 0.1) is 5.39 Å². The number of benzene rings is 3. The monoisotopic (exact) mass is 474 g/mol. The van der Waals surface area contributed by atoms with Crippen LogP contribution in [0, 0.1) is 0 Å². The van der Waals surface area contributed by atoms with E-state index >= 15 is 0 Å². The molecule has 0 radical (unpaired) electrons. The van der Waals surface area contributed by atoms with Crippen LogP contribution in [0.1, 0.15) is 0 Å². The predicted octanol–water partition coefficient (Wildman–Crippen LogP) is 7.17. The van der Waals surface area contributed by atoms with Crippen LogP contribution < -0.4 is 14.4 Å². The highest BCUT2D eigenvalue weighted by atomic mass is 16.5. The molecule has 1 unspecified atom stereocenters. The van der Waals surface area contributed by atoms with Gasteiger partial charge in [-0.25, -0.2) is 4.98 Å². The molecule has 1 aliphatic carbocycles. The van der Waals surface area contributed by atoms with Crippen molar-refractivity contribution in [3.05, 3.63) is 127 Å². The molecular weight excluding hydrogens is 452 g/mol. The maximum Gasteiger partial charge on any atom is 0.213 e. The zero-order chi connectivity index (χ0) is 24.5. The van der Waals surface area contributed by atoms with Crippen molar-refractivity contribution in [1.29, 1.82) is 0 Å². The van der Waals surface area contributed by atoms with Crippen molar-refractivity contribution in [2.75, 3.05) is 4.90 Å². The van der Waals surface area contributed by atoms with Crippen LogP contribution in [-0.2, 0) is 0 Å². The van der Waals surface area contributed by atoms with Crippen molar-refractivity contribution < 1.29 is 19.7 Å². The molecule has 0 fully saturated rings. The van der Waals surface area contributed by atoms with Gasteiger partial charge in [-0.15, -0.1) is 0 Å². The van der Waals surface area contributed by atoms with Crippen LogP contribution in [0.25, 0.3) is 10.9 Å². The van der Waals surface area contributed by atoms with Gasteiger partial charge in [0.1, 0.15) is 34.6 Å². The molecule has 0 amide bonds. The van der Waals surface area contributed by atoms with Crippen LogP contribution >= 0.6 is 0 Å². The fraction of sp³-hybridized carbons (Fsp3) is 0.0333. The maximum absolute atomic E-state index is 10.8. The highest BCUT2D eigenvalue weighted by Crippen LogP contribution is 2.49. The normalized spacial score (nSPS) is 16.3. The number of aliphatic hydroxyl groups excluding tert-OH is 1. The number of aromatic hydroxyl groups is 1. The maximum atomic E-state index is 10.8. The average Bonchev–Trinajstić information content (AvgIpc) is 2.91. The minimum absolute atomic E-state index is 0.0120. The van der Waals surface area contributed by atoms with Crippen LogP contribution in [0.15, 0.2) is 127 Å². The quantitative estimate of drug-likeness (QED) is 0.320. The molecule has 1 aromatic heterocycles. The van der Waals surface area contributed by atoms with Gasteiger partial charge in [0.25, 0.3) is 0 Å². The number of hydrogen-bond donors (Lipinski definition) is 2. The van der Waals surface area contributed by atoms with Crippen LogP contribution in [0.4, 0.5) is 5.82 Å². The molecule has 3 aromatic carbocycles. The van der Waals surface area contributed by atoms with Crippen molar-refractivity contribution in [3.63, 3.8) is 0 Å². The van der Waals surface area contributed by atoms with Gasteiger partial charge in [0.2, 0.25) is 5.75 Å². The molecule has 6 heteroatoms. The lowest BCUT2D eigenvalue weighted by atomic mass is 9.96. The van der Waals surface area contributed by atoms with Gasteiger partial charge in [-0.1, -0.05) is 60.7 Å². The third kappa shape index (κ3) is 3.84. The van der Waals surface area contributed by atoms with E-state index in [1.807, 2.05) is 96.1 Å². The van der Waals surface area contributed by atoms with Gasteiger partial charge in [-0.2, -0.15) is 0 Å². The number of phenols is 1. The minimum Gasteiger partial charge on any atom is -0.510 e. The molecule has 0 saturated carbocycles. The average molecular weight is 475 g/mol. The highest BCUT2D eigenvalue weighted by Gasteiger charge is 2.33. The van der Waals surface area contributed by atoms with Crippen molar-refractivity contribution in [1.82, 2.24) is 4.98 Å². The molecule has 2 heterocycles. The fourth-order valence-electron chi connectivity index (χ4n) is 4.38. The van der Waals surface area contributed by atoms with Gasteiger partial charge < -0.3 is 24.6 Å². The molecule has 6 nitrogen and oxygen atoms in total. The molecule has 2 aliphatic rings. The molecule has 0 saturated heterocycles. The molecule has 0 spiro atoms. The number of nitrogens with zero attached hydrogens (tertiary/aromatic N) is 2. The van der Waals surface area contributed by atoms with E-state index in [0.29, 0.717) is 39.7 Å². The second-order valence-corrected chi connectivity index (χ2v) is 8.37. The Bertz CT molecular complexity index is 1560. The van der Waals surface area contributed by atoms with E-state index in [-0.39, 0.29) is 11.5 Å². The van der Waals surface area contributed by atoms with Crippen LogP contribution in [0.2, 0.25) is 0 Å². The van der Waals surface area contributed by atoms with E-state index in [1.165, 1.54) is 0 Å². The van der Waals surface area contributed by atoms with E-state index in [4.69, 9.17) is 14.5 Å². The van der Waals surface area contributed by atoms with Crippen LogP contribution in [-0.4, -0.2) is 21.2 Å². The second-order valence-electron chi connectivity index (χ2n) is 8.37. The smallest absolute Gasteiger partial charge is 0.213 e. The third-order valence-electron chi connectivity index (χ3n) is 6.02. The summed E-state index contributed by atoms with van der Waals surface area (Å²) in [6.45, 7) is 0. The summed E-state index contributed by atoms with van der Waals surface area (Å²) < 4.78 is 12.9. The Morgan fingerprint density at radius 1 is 0.722 bits per heavy atom. The summed E-state index contributed by atoms with van der Waals surface area (Å²) in [6, 6.07) is 23.4. The number of allylic oxidation sites excluding steroid dienone is 4. The number of aromatic nitrogens is 1. The Hall–Kier alpha value is -4.97. The number of anilines is 1. The first-order valence-electron chi connectivity index (χ1n) is 11.5. The topological polar surface area (TPSA) is 75.1 Å². The Morgan fingerprint density at radius 2 is 1.42 bits per heavy atom. The number of ether oxygens (including phenoxy) is 2. The molecule has 4 aromatic rings. The Morgan fingerprint density at radius 3 is 2.14 bits per heavy atom. The van der Waals surface area contributed by atoms with Crippen molar-refractivity contribution in [2.45, 2.75) is 6.04 Å². The first-order valence-corrected chi connectivity index (χ1v) is 11.5. The summed E-state index contributed by atoms with van der Waals surface area (Å²) in [5, 5.41) is 22.2. The molecule has 36 heavy (non-hydrogen) atoms. The zero-order valence-corrected chi connectivity index (χ0v) is 19.2. The Kier molecular flexibility index (Phi) is 5.39. The van der Waals surface area contributed by atoms with Gasteiger partial charge in [-0.05, 0) is 54.1 Å².